The third-order valence-corrected chi connectivity index (χ3v) is 6.29. The number of nitrogens with zero attached hydrogens (tertiary/aromatic N) is 5. The van der Waals surface area contributed by atoms with Gasteiger partial charge in [-0.15, -0.1) is 0 Å². The van der Waals surface area contributed by atoms with Crippen LogP contribution in [0.5, 0.6) is 0 Å². The lowest BCUT2D eigenvalue weighted by Gasteiger charge is -2.22. The monoisotopic (exact) mass is 441 g/mol. The van der Waals surface area contributed by atoms with Crippen molar-refractivity contribution < 1.29 is 0 Å². The summed E-state index contributed by atoms with van der Waals surface area (Å²) in [5.41, 5.74) is 1.15. The second-order valence-corrected chi connectivity index (χ2v) is 8.64. The smallest absolute Gasteiger partial charge is 0.191 e. The standard InChI is InChI=1S/C23H32ClN7/c1-25-23(29-19-10-14-31(17-19)22-20(24)7-6-11-26-22)28-16-18-8-9-21(27-15-18)30-12-4-2-3-5-13-30/h6-9,11,15,19H,2-5,10,12-14,16-17H2,1H3,(H2,25,28,29). The lowest BCUT2D eigenvalue weighted by Crippen LogP contribution is -2.44. The average Bonchev–Trinajstić information content (AvgIpc) is 3.09. The number of hydrogen-bond donors (Lipinski definition) is 2. The highest BCUT2D eigenvalue weighted by Gasteiger charge is 2.25. The van der Waals surface area contributed by atoms with Crippen LogP contribution >= 0.6 is 11.6 Å². The van der Waals surface area contributed by atoms with Crippen LogP contribution in [0.1, 0.15) is 37.7 Å². The van der Waals surface area contributed by atoms with Crippen LogP contribution in [0.3, 0.4) is 0 Å². The first-order valence-corrected chi connectivity index (χ1v) is 11.6. The Morgan fingerprint density at radius 2 is 1.94 bits per heavy atom. The van der Waals surface area contributed by atoms with Gasteiger partial charge in [-0.3, -0.25) is 4.99 Å². The van der Waals surface area contributed by atoms with E-state index in [9.17, 15) is 0 Å². The zero-order valence-corrected chi connectivity index (χ0v) is 19.0. The Kier molecular flexibility index (Phi) is 7.46. The van der Waals surface area contributed by atoms with Gasteiger partial charge in [-0.25, -0.2) is 9.97 Å². The molecule has 0 spiro atoms. The fraction of sp³-hybridized carbons (Fsp3) is 0.522. The lowest BCUT2D eigenvalue weighted by atomic mass is 10.2. The zero-order valence-electron chi connectivity index (χ0n) is 18.2. The number of halogens is 1. The van der Waals surface area contributed by atoms with E-state index >= 15 is 0 Å². The van der Waals surface area contributed by atoms with Crippen LogP contribution in [0.15, 0.2) is 41.7 Å². The van der Waals surface area contributed by atoms with Gasteiger partial charge in [0.25, 0.3) is 0 Å². The van der Waals surface area contributed by atoms with Gasteiger partial charge in [0, 0.05) is 58.2 Å². The van der Waals surface area contributed by atoms with E-state index in [1.54, 1.807) is 13.2 Å². The molecule has 31 heavy (non-hydrogen) atoms. The summed E-state index contributed by atoms with van der Waals surface area (Å²) in [5.74, 6) is 2.75. The summed E-state index contributed by atoms with van der Waals surface area (Å²) < 4.78 is 0. The largest absolute Gasteiger partial charge is 0.357 e. The Hall–Kier alpha value is -2.54. The second-order valence-electron chi connectivity index (χ2n) is 8.24. The molecule has 0 saturated carbocycles. The molecule has 2 aliphatic heterocycles. The van der Waals surface area contributed by atoms with Crippen LogP contribution in [0, 0.1) is 0 Å². The summed E-state index contributed by atoms with van der Waals surface area (Å²) in [6, 6.07) is 8.35. The van der Waals surface area contributed by atoms with Gasteiger partial charge in [-0.2, -0.15) is 0 Å². The molecule has 2 saturated heterocycles. The fourth-order valence-electron chi connectivity index (χ4n) is 4.26. The van der Waals surface area contributed by atoms with E-state index in [4.69, 9.17) is 16.6 Å². The molecule has 2 fully saturated rings. The molecule has 4 heterocycles. The van der Waals surface area contributed by atoms with Crippen LogP contribution in [0.4, 0.5) is 11.6 Å². The number of hydrogen-bond acceptors (Lipinski definition) is 5. The van der Waals surface area contributed by atoms with Gasteiger partial charge in [-0.05, 0) is 43.0 Å². The first kappa shape index (κ1) is 21.7. The van der Waals surface area contributed by atoms with Crippen molar-refractivity contribution in [1.82, 2.24) is 20.6 Å². The summed E-state index contributed by atoms with van der Waals surface area (Å²) >= 11 is 6.30. The molecule has 166 valence electrons. The maximum absolute atomic E-state index is 6.30. The SMILES string of the molecule is CN=C(NCc1ccc(N2CCCCCC2)nc1)NC1CCN(c2ncccc2Cl)C1. The summed E-state index contributed by atoms with van der Waals surface area (Å²) in [7, 11) is 1.80. The number of pyridine rings is 2. The quantitative estimate of drug-likeness (QED) is 0.547. The number of rotatable bonds is 5. The van der Waals surface area contributed by atoms with Crippen LogP contribution in [0.25, 0.3) is 0 Å². The Bertz CT molecular complexity index is 862. The topological polar surface area (TPSA) is 68.7 Å². The average molecular weight is 442 g/mol. The third kappa shape index (κ3) is 5.79. The van der Waals surface area contributed by atoms with E-state index in [0.29, 0.717) is 17.6 Å². The van der Waals surface area contributed by atoms with Crippen molar-refractivity contribution in [2.24, 2.45) is 4.99 Å². The molecular weight excluding hydrogens is 410 g/mol. The van der Waals surface area contributed by atoms with Crippen LogP contribution in [-0.2, 0) is 6.54 Å². The first-order chi connectivity index (χ1) is 15.2. The number of anilines is 2. The molecule has 1 unspecified atom stereocenters. The van der Waals surface area contributed by atoms with Crippen molar-refractivity contribution in [3.63, 3.8) is 0 Å². The Morgan fingerprint density at radius 3 is 2.65 bits per heavy atom. The molecule has 2 N–H and O–H groups in total. The van der Waals surface area contributed by atoms with Crippen molar-refractivity contribution in [3.8, 4) is 0 Å². The Labute approximate surface area is 189 Å². The lowest BCUT2D eigenvalue weighted by molar-refractivity contribution is 0.648. The molecule has 2 aromatic heterocycles. The molecule has 7 nitrogen and oxygen atoms in total. The molecule has 4 rings (SSSR count). The Balaban J connectivity index is 1.26. The zero-order chi connectivity index (χ0) is 21.5. The fourth-order valence-corrected chi connectivity index (χ4v) is 4.50. The van der Waals surface area contributed by atoms with Crippen LogP contribution in [-0.4, -0.2) is 55.2 Å². The Morgan fingerprint density at radius 1 is 1.10 bits per heavy atom. The van der Waals surface area contributed by atoms with Gasteiger partial charge >= 0.3 is 0 Å². The molecular formula is C23H32ClN7. The second kappa shape index (κ2) is 10.7. The summed E-state index contributed by atoms with van der Waals surface area (Å²) in [6.07, 6.45) is 9.96. The molecule has 8 heteroatoms. The number of aromatic nitrogens is 2. The van der Waals surface area contributed by atoms with E-state index in [1.807, 2.05) is 18.3 Å². The number of nitrogens with one attached hydrogen (secondary N) is 2. The highest BCUT2D eigenvalue weighted by molar-refractivity contribution is 6.32. The molecule has 0 amide bonds. The normalized spacial score (nSPS) is 19.9. The van der Waals surface area contributed by atoms with Crippen molar-refractivity contribution in [3.05, 3.63) is 47.2 Å². The van der Waals surface area contributed by atoms with Gasteiger partial charge in [-0.1, -0.05) is 30.5 Å². The van der Waals surface area contributed by atoms with Gasteiger partial charge in [0.1, 0.15) is 11.6 Å². The minimum Gasteiger partial charge on any atom is -0.357 e. The van der Waals surface area contributed by atoms with E-state index in [0.717, 1.165) is 55.8 Å². The highest BCUT2D eigenvalue weighted by Crippen LogP contribution is 2.25. The van der Waals surface area contributed by atoms with Gasteiger partial charge in [0.2, 0.25) is 0 Å². The summed E-state index contributed by atoms with van der Waals surface area (Å²) in [4.78, 5) is 18.1. The van der Waals surface area contributed by atoms with E-state index < -0.39 is 0 Å². The number of guanidine groups is 1. The van der Waals surface area contributed by atoms with Gasteiger partial charge in [0.15, 0.2) is 5.96 Å². The molecule has 0 bridgehead atoms. The van der Waals surface area contributed by atoms with E-state index in [1.165, 1.54) is 25.7 Å². The van der Waals surface area contributed by atoms with Crippen molar-refractivity contribution >= 4 is 29.2 Å². The van der Waals surface area contributed by atoms with Gasteiger partial charge in [0.05, 0.1) is 5.02 Å². The predicted octanol–water partition coefficient (Wildman–Crippen LogP) is 3.45. The first-order valence-electron chi connectivity index (χ1n) is 11.3. The molecule has 0 aliphatic carbocycles. The van der Waals surface area contributed by atoms with E-state index in [-0.39, 0.29) is 0 Å². The molecule has 2 aliphatic rings. The van der Waals surface area contributed by atoms with Crippen LogP contribution in [0.2, 0.25) is 5.02 Å². The minimum atomic E-state index is 0.299. The predicted molar refractivity (Wildman–Crippen MR) is 128 cm³/mol. The minimum absolute atomic E-state index is 0.299. The van der Waals surface area contributed by atoms with Crippen LogP contribution < -0.4 is 20.4 Å². The number of aliphatic imine (C=N–C) groups is 1. The summed E-state index contributed by atoms with van der Waals surface area (Å²) in [6.45, 7) is 4.69. The molecule has 0 aromatic carbocycles. The van der Waals surface area contributed by atoms with Crippen molar-refractivity contribution in [2.75, 3.05) is 43.0 Å². The summed E-state index contributed by atoms with van der Waals surface area (Å²) in [5, 5.41) is 7.63. The van der Waals surface area contributed by atoms with Crippen molar-refractivity contribution in [2.45, 2.75) is 44.7 Å². The third-order valence-electron chi connectivity index (χ3n) is 5.99. The molecule has 0 radical (unpaired) electrons. The maximum atomic E-state index is 6.30. The highest BCUT2D eigenvalue weighted by atomic mass is 35.5. The van der Waals surface area contributed by atoms with Gasteiger partial charge < -0.3 is 20.4 Å². The van der Waals surface area contributed by atoms with Crippen molar-refractivity contribution in [1.29, 1.82) is 0 Å². The maximum Gasteiger partial charge on any atom is 0.191 e. The molecule has 1 atom stereocenters. The van der Waals surface area contributed by atoms with E-state index in [2.05, 4.69) is 42.5 Å². The molecule has 2 aromatic rings.